The van der Waals surface area contributed by atoms with Gasteiger partial charge >= 0.3 is 0 Å². The van der Waals surface area contributed by atoms with Crippen molar-refractivity contribution in [2.24, 2.45) is 0 Å². The number of hydrogen-bond acceptors (Lipinski definition) is 4. The summed E-state index contributed by atoms with van der Waals surface area (Å²) in [6.45, 7) is 2.34. The molecule has 0 aliphatic rings. The Kier molecular flexibility index (Phi) is 5.55. The SMILES string of the molecule is Cc1cc(C(=O)NCCCc2ncc[nH]2)sc1C#CCO. The van der Waals surface area contributed by atoms with Crippen molar-refractivity contribution in [1.29, 1.82) is 0 Å². The Bertz CT molecular complexity index is 650. The number of aromatic amines is 1. The molecule has 2 aromatic rings. The molecule has 1 amide bonds. The number of rotatable bonds is 5. The van der Waals surface area contributed by atoms with E-state index < -0.39 is 0 Å². The van der Waals surface area contributed by atoms with E-state index >= 15 is 0 Å². The van der Waals surface area contributed by atoms with Crippen LogP contribution in [0.3, 0.4) is 0 Å². The minimum Gasteiger partial charge on any atom is -0.384 e. The number of nitrogens with one attached hydrogen (secondary N) is 2. The van der Waals surface area contributed by atoms with Crippen LogP contribution < -0.4 is 5.32 Å². The Morgan fingerprint density at radius 1 is 1.57 bits per heavy atom. The van der Waals surface area contributed by atoms with Gasteiger partial charge in [-0.1, -0.05) is 11.8 Å². The molecular formula is C15H17N3O2S. The van der Waals surface area contributed by atoms with Crippen molar-refractivity contribution in [3.8, 4) is 11.8 Å². The number of nitrogens with zero attached hydrogens (tertiary/aromatic N) is 1. The molecule has 0 spiro atoms. The van der Waals surface area contributed by atoms with E-state index in [0.717, 1.165) is 29.1 Å². The average molecular weight is 303 g/mol. The molecule has 0 saturated carbocycles. The second-order valence-corrected chi connectivity index (χ2v) is 5.53. The van der Waals surface area contributed by atoms with E-state index in [4.69, 9.17) is 5.11 Å². The number of aromatic nitrogens is 2. The molecule has 0 radical (unpaired) electrons. The minimum atomic E-state index is -0.175. The largest absolute Gasteiger partial charge is 0.384 e. The third-order valence-corrected chi connectivity index (χ3v) is 4.00. The molecule has 110 valence electrons. The van der Waals surface area contributed by atoms with Crippen LogP contribution in [0.2, 0.25) is 0 Å². The number of carbonyl (C=O) groups excluding carboxylic acids is 1. The standard InChI is InChI=1S/C15H17N3O2S/c1-11-10-13(21-12(11)4-3-9-19)15(20)18-6-2-5-14-16-7-8-17-14/h7-8,10,19H,2,5-6,9H2,1H3,(H,16,17)(H,18,20). The third-order valence-electron chi connectivity index (χ3n) is 2.85. The van der Waals surface area contributed by atoms with Gasteiger partial charge in [-0.25, -0.2) is 4.98 Å². The van der Waals surface area contributed by atoms with Crippen molar-refractivity contribution in [1.82, 2.24) is 15.3 Å². The summed E-state index contributed by atoms with van der Waals surface area (Å²) in [4.78, 5) is 20.7. The Labute approximate surface area is 127 Å². The van der Waals surface area contributed by atoms with Crippen molar-refractivity contribution in [3.05, 3.63) is 39.6 Å². The fraction of sp³-hybridized carbons (Fsp3) is 0.333. The summed E-state index contributed by atoms with van der Waals surface area (Å²) in [5.41, 5.74) is 0.960. The topological polar surface area (TPSA) is 78.0 Å². The normalized spacial score (nSPS) is 10.0. The molecule has 0 aliphatic heterocycles. The van der Waals surface area contributed by atoms with Crippen molar-refractivity contribution in [3.63, 3.8) is 0 Å². The van der Waals surface area contributed by atoms with Gasteiger partial charge in [0.25, 0.3) is 5.91 Å². The first-order valence-electron chi connectivity index (χ1n) is 6.67. The zero-order chi connectivity index (χ0) is 15.1. The van der Waals surface area contributed by atoms with Crippen LogP contribution in [0, 0.1) is 18.8 Å². The molecule has 0 bridgehead atoms. The number of aryl methyl sites for hydroxylation is 2. The fourth-order valence-corrected chi connectivity index (χ4v) is 2.78. The Morgan fingerprint density at radius 2 is 2.43 bits per heavy atom. The highest BCUT2D eigenvalue weighted by Gasteiger charge is 2.10. The van der Waals surface area contributed by atoms with Crippen LogP contribution in [0.4, 0.5) is 0 Å². The number of aliphatic hydroxyl groups excluding tert-OH is 1. The molecule has 5 nitrogen and oxygen atoms in total. The van der Waals surface area contributed by atoms with Crippen LogP contribution in [0.25, 0.3) is 0 Å². The molecule has 0 saturated heterocycles. The van der Waals surface area contributed by atoms with Gasteiger partial charge in [-0.3, -0.25) is 4.79 Å². The predicted molar refractivity (Wildman–Crippen MR) is 82.3 cm³/mol. The lowest BCUT2D eigenvalue weighted by molar-refractivity contribution is 0.0957. The summed E-state index contributed by atoms with van der Waals surface area (Å²) in [6, 6.07) is 1.83. The van der Waals surface area contributed by atoms with Crippen LogP contribution in [0.5, 0.6) is 0 Å². The van der Waals surface area contributed by atoms with E-state index in [9.17, 15) is 4.79 Å². The monoisotopic (exact) mass is 303 g/mol. The minimum absolute atomic E-state index is 0.0837. The van der Waals surface area contributed by atoms with Crippen LogP contribution in [-0.4, -0.2) is 34.1 Å². The lowest BCUT2D eigenvalue weighted by Crippen LogP contribution is -2.23. The molecule has 0 aromatic carbocycles. The van der Waals surface area contributed by atoms with E-state index in [-0.39, 0.29) is 12.5 Å². The van der Waals surface area contributed by atoms with Gasteiger partial charge in [0.05, 0.1) is 9.75 Å². The quantitative estimate of drug-likeness (QED) is 0.578. The van der Waals surface area contributed by atoms with E-state index in [0.29, 0.717) is 11.4 Å². The first-order chi connectivity index (χ1) is 10.2. The number of aliphatic hydroxyl groups is 1. The van der Waals surface area contributed by atoms with Gasteiger partial charge in [0.2, 0.25) is 0 Å². The molecule has 6 heteroatoms. The number of imidazole rings is 1. The number of thiophene rings is 1. The zero-order valence-electron chi connectivity index (χ0n) is 11.8. The second kappa shape index (κ2) is 7.62. The summed E-state index contributed by atoms with van der Waals surface area (Å²) in [5.74, 6) is 6.29. The number of carbonyl (C=O) groups is 1. The smallest absolute Gasteiger partial charge is 0.261 e. The molecule has 21 heavy (non-hydrogen) atoms. The van der Waals surface area contributed by atoms with Gasteiger partial charge in [-0.15, -0.1) is 11.3 Å². The van der Waals surface area contributed by atoms with Crippen LogP contribution >= 0.6 is 11.3 Å². The predicted octanol–water partition coefficient (Wildman–Crippen LogP) is 1.49. The van der Waals surface area contributed by atoms with Crippen LogP contribution in [0.1, 0.15) is 32.4 Å². The average Bonchev–Trinajstić information content (AvgIpc) is 3.11. The van der Waals surface area contributed by atoms with Crippen molar-refractivity contribution >= 4 is 17.2 Å². The molecule has 2 rings (SSSR count). The Morgan fingerprint density at radius 3 is 3.14 bits per heavy atom. The van der Waals surface area contributed by atoms with Crippen molar-refractivity contribution < 1.29 is 9.90 Å². The van der Waals surface area contributed by atoms with Gasteiger partial charge in [-0.2, -0.15) is 0 Å². The van der Waals surface area contributed by atoms with Crippen LogP contribution in [-0.2, 0) is 6.42 Å². The van der Waals surface area contributed by atoms with Gasteiger partial charge < -0.3 is 15.4 Å². The number of hydrogen-bond donors (Lipinski definition) is 3. The van der Waals surface area contributed by atoms with E-state index in [1.807, 2.05) is 13.0 Å². The highest BCUT2D eigenvalue weighted by molar-refractivity contribution is 7.14. The Hall–Kier alpha value is -2.10. The molecule has 2 heterocycles. The maximum absolute atomic E-state index is 12.0. The summed E-state index contributed by atoms with van der Waals surface area (Å²) in [6.07, 6.45) is 5.15. The van der Waals surface area contributed by atoms with Crippen LogP contribution in [0.15, 0.2) is 18.5 Å². The van der Waals surface area contributed by atoms with Crippen molar-refractivity contribution in [2.75, 3.05) is 13.2 Å². The van der Waals surface area contributed by atoms with E-state index in [1.54, 1.807) is 12.4 Å². The van der Waals surface area contributed by atoms with Gasteiger partial charge in [0.1, 0.15) is 12.4 Å². The molecule has 0 aliphatic carbocycles. The van der Waals surface area contributed by atoms with E-state index in [1.165, 1.54) is 11.3 Å². The lowest BCUT2D eigenvalue weighted by atomic mass is 10.2. The van der Waals surface area contributed by atoms with Gasteiger partial charge in [0, 0.05) is 25.4 Å². The number of amides is 1. The summed E-state index contributed by atoms with van der Waals surface area (Å²) < 4.78 is 0. The highest BCUT2D eigenvalue weighted by Crippen LogP contribution is 2.20. The number of H-pyrrole nitrogens is 1. The highest BCUT2D eigenvalue weighted by atomic mass is 32.1. The lowest BCUT2D eigenvalue weighted by Gasteiger charge is -2.02. The summed E-state index contributed by atoms with van der Waals surface area (Å²) in [7, 11) is 0. The van der Waals surface area contributed by atoms with Crippen molar-refractivity contribution in [2.45, 2.75) is 19.8 Å². The molecule has 3 N–H and O–H groups in total. The molecular weight excluding hydrogens is 286 g/mol. The Balaban J connectivity index is 1.83. The van der Waals surface area contributed by atoms with Gasteiger partial charge in [-0.05, 0) is 25.0 Å². The summed E-state index contributed by atoms with van der Waals surface area (Å²) in [5, 5.41) is 11.6. The first kappa shape index (κ1) is 15.3. The van der Waals surface area contributed by atoms with E-state index in [2.05, 4.69) is 27.1 Å². The van der Waals surface area contributed by atoms with Gasteiger partial charge in [0.15, 0.2) is 0 Å². The molecule has 0 unspecified atom stereocenters. The third kappa shape index (κ3) is 4.45. The summed E-state index contributed by atoms with van der Waals surface area (Å²) >= 11 is 1.35. The molecule has 2 aromatic heterocycles. The second-order valence-electron chi connectivity index (χ2n) is 4.48. The maximum atomic E-state index is 12.0. The zero-order valence-corrected chi connectivity index (χ0v) is 12.6. The first-order valence-corrected chi connectivity index (χ1v) is 7.49. The molecule has 0 fully saturated rings. The fourth-order valence-electron chi connectivity index (χ4n) is 1.82. The molecule has 0 atom stereocenters. The maximum Gasteiger partial charge on any atom is 0.261 e.